The van der Waals surface area contributed by atoms with Crippen LogP contribution in [0.3, 0.4) is 0 Å². The lowest BCUT2D eigenvalue weighted by Gasteiger charge is -2.30. The predicted molar refractivity (Wildman–Crippen MR) is 121 cm³/mol. The average molecular weight is 405 g/mol. The van der Waals surface area contributed by atoms with Gasteiger partial charge in [-0.05, 0) is 38.1 Å². The average Bonchev–Trinajstić information content (AvgIpc) is 2.82. The normalized spacial score (nSPS) is 13.9. The lowest BCUT2D eigenvalue weighted by molar-refractivity contribution is 0.122. The maximum atomic E-state index is 5.52. The third kappa shape index (κ3) is 4.36. The standard InChI is InChI=1S/C23H28N6O/c1-3-27(4-2)21-24-22(28-15-17-30-18-16-28)26-23(25-21)29(19-11-7-5-8-12-19)20-13-9-6-10-14-20/h5-14H,3-4,15-18H2,1-2H3. The number of morpholine rings is 1. The minimum atomic E-state index is 0.616. The van der Waals surface area contributed by atoms with Crippen LogP contribution in [-0.4, -0.2) is 54.3 Å². The molecule has 1 saturated heterocycles. The van der Waals surface area contributed by atoms with Crippen molar-refractivity contribution in [3.63, 3.8) is 0 Å². The van der Waals surface area contributed by atoms with Gasteiger partial charge in [-0.3, -0.25) is 4.90 Å². The van der Waals surface area contributed by atoms with E-state index in [2.05, 4.69) is 52.8 Å². The van der Waals surface area contributed by atoms with Gasteiger partial charge in [-0.1, -0.05) is 36.4 Å². The first-order valence-corrected chi connectivity index (χ1v) is 10.5. The van der Waals surface area contributed by atoms with Crippen LogP contribution in [0, 0.1) is 0 Å². The highest BCUT2D eigenvalue weighted by Crippen LogP contribution is 2.33. The molecule has 2 aromatic carbocycles. The molecule has 0 atom stereocenters. The van der Waals surface area contributed by atoms with Crippen LogP contribution >= 0.6 is 0 Å². The molecular weight excluding hydrogens is 376 g/mol. The predicted octanol–water partition coefficient (Wildman–Crippen LogP) is 4.02. The van der Waals surface area contributed by atoms with Crippen molar-refractivity contribution in [1.82, 2.24) is 15.0 Å². The van der Waals surface area contributed by atoms with Crippen molar-refractivity contribution in [2.75, 3.05) is 54.1 Å². The summed E-state index contributed by atoms with van der Waals surface area (Å²) in [4.78, 5) is 21.0. The van der Waals surface area contributed by atoms with E-state index in [9.17, 15) is 0 Å². The summed E-state index contributed by atoms with van der Waals surface area (Å²) >= 11 is 0. The van der Waals surface area contributed by atoms with Gasteiger partial charge in [0, 0.05) is 37.6 Å². The van der Waals surface area contributed by atoms with Gasteiger partial charge in [0.05, 0.1) is 13.2 Å². The van der Waals surface area contributed by atoms with Crippen molar-refractivity contribution < 1.29 is 4.74 Å². The second-order valence-corrected chi connectivity index (χ2v) is 7.01. The van der Waals surface area contributed by atoms with Gasteiger partial charge in [-0.2, -0.15) is 15.0 Å². The monoisotopic (exact) mass is 404 g/mol. The van der Waals surface area contributed by atoms with Gasteiger partial charge in [-0.15, -0.1) is 0 Å². The third-order valence-electron chi connectivity index (χ3n) is 5.17. The Hall–Kier alpha value is -3.19. The molecule has 7 heteroatoms. The zero-order valence-electron chi connectivity index (χ0n) is 17.6. The molecular formula is C23H28N6O. The first kappa shape index (κ1) is 20.1. The largest absolute Gasteiger partial charge is 0.378 e. The second kappa shape index (κ2) is 9.54. The topological polar surface area (TPSA) is 57.6 Å². The Balaban J connectivity index is 1.85. The van der Waals surface area contributed by atoms with E-state index in [1.54, 1.807) is 0 Å². The Labute approximate surface area is 178 Å². The Morgan fingerprint density at radius 3 is 1.83 bits per heavy atom. The molecule has 0 aliphatic carbocycles. The number of ether oxygens (including phenoxy) is 1. The third-order valence-corrected chi connectivity index (χ3v) is 5.17. The maximum Gasteiger partial charge on any atom is 0.241 e. The summed E-state index contributed by atoms with van der Waals surface area (Å²) < 4.78 is 5.52. The summed E-state index contributed by atoms with van der Waals surface area (Å²) in [6, 6.07) is 20.4. The molecule has 0 bridgehead atoms. The van der Waals surface area contributed by atoms with Gasteiger partial charge in [0.2, 0.25) is 17.8 Å². The molecule has 1 aliphatic rings. The SMILES string of the molecule is CCN(CC)c1nc(N2CCOCC2)nc(N(c2ccccc2)c2ccccc2)n1. The quantitative estimate of drug-likeness (QED) is 0.589. The van der Waals surface area contributed by atoms with Gasteiger partial charge in [0.15, 0.2) is 0 Å². The number of para-hydroxylation sites is 2. The van der Waals surface area contributed by atoms with Crippen molar-refractivity contribution in [3.05, 3.63) is 60.7 Å². The zero-order chi connectivity index (χ0) is 20.8. The van der Waals surface area contributed by atoms with E-state index >= 15 is 0 Å². The summed E-state index contributed by atoms with van der Waals surface area (Å²) in [5.74, 6) is 2.01. The fourth-order valence-corrected chi connectivity index (χ4v) is 3.53. The first-order chi connectivity index (χ1) is 14.8. The zero-order valence-corrected chi connectivity index (χ0v) is 17.6. The molecule has 1 fully saturated rings. The highest BCUT2D eigenvalue weighted by Gasteiger charge is 2.22. The van der Waals surface area contributed by atoms with E-state index in [-0.39, 0.29) is 0 Å². The van der Waals surface area contributed by atoms with Crippen LogP contribution in [0.2, 0.25) is 0 Å². The first-order valence-electron chi connectivity index (χ1n) is 10.5. The maximum absolute atomic E-state index is 5.52. The van der Waals surface area contributed by atoms with Crippen LogP contribution in [0.4, 0.5) is 29.2 Å². The van der Waals surface area contributed by atoms with Gasteiger partial charge < -0.3 is 14.5 Å². The summed E-state index contributed by atoms with van der Waals surface area (Å²) in [6.45, 7) is 8.82. The van der Waals surface area contributed by atoms with Crippen LogP contribution in [0.25, 0.3) is 0 Å². The van der Waals surface area contributed by atoms with Gasteiger partial charge in [-0.25, -0.2) is 0 Å². The van der Waals surface area contributed by atoms with Crippen molar-refractivity contribution in [1.29, 1.82) is 0 Å². The van der Waals surface area contributed by atoms with E-state index in [4.69, 9.17) is 19.7 Å². The number of hydrogen-bond acceptors (Lipinski definition) is 7. The molecule has 4 rings (SSSR count). The molecule has 0 N–H and O–H groups in total. The van der Waals surface area contributed by atoms with E-state index in [0.29, 0.717) is 31.1 Å². The Morgan fingerprint density at radius 1 is 0.767 bits per heavy atom. The minimum Gasteiger partial charge on any atom is -0.378 e. The van der Waals surface area contributed by atoms with Crippen molar-refractivity contribution in [2.24, 2.45) is 0 Å². The molecule has 0 amide bonds. The van der Waals surface area contributed by atoms with E-state index in [1.807, 2.05) is 36.4 Å². The van der Waals surface area contributed by atoms with Crippen molar-refractivity contribution >= 4 is 29.2 Å². The fraction of sp³-hybridized carbons (Fsp3) is 0.348. The number of hydrogen-bond donors (Lipinski definition) is 0. The van der Waals surface area contributed by atoms with Gasteiger partial charge in [0.25, 0.3) is 0 Å². The molecule has 1 aliphatic heterocycles. The van der Waals surface area contributed by atoms with Crippen LogP contribution in [0.5, 0.6) is 0 Å². The smallest absolute Gasteiger partial charge is 0.241 e. The summed E-state index contributed by atoms with van der Waals surface area (Å²) in [5, 5.41) is 0. The highest BCUT2D eigenvalue weighted by molar-refractivity contribution is 5.73. The molecule has 1 aromatic heterocycles. The van der Waals surface area contributed by atoms with Crippen LogP contribution in [-0.2, 0) is 4.74 Å². The highest BCUT2D eigenvalue weighted by atomic mass is 16.5. The van der Waals surface area contributed by atoms with E-state index in [0.717, 1.165) is 37.6 Å². The summed E-state index contributed by atoms with van der Waals surface area (Å²) in [6.07, 6.45) is 0. The summed E-state index contributed by atoms with van der Waals surface area (Å²) in [7, 11) is 0. The van der Waals surface area contributed by atoms with Crippen LogP contribution in [0.15, 0.2) is 60.7 Å². The van der Waals surface area contributed by atoms with E-state index < -0.39 is 0 Å². The van der Waals surface area contributed by atoms with Crippen LogP contribution in [0.1, 0.15) is 13.8 Å². The van der Waals surface area contributed by atoms with Crippen LogP contribution < -0.4 is 14.7 Å². The Morgan fingerprint density at radius 2 is 1.30 bits per heavy atom. The molecule has 2 heterocycles. The summed E-state index contributed by atoms with van der Waals surface area (Å²) in [5.41, 5.74) is 2.02. The number of rotatable bonds is 7. The van der Waals surface area contributed by atoms with Gasteiger partial charge >= 0.3 is 0 Å². The Kier molecular flexibility index (Phi) is 6.39. The number of anilines is 5. The van der Waals surface area contributed by atoms with E-state index in [1.165, 1.54) is 0 Å². The molecule has 30 heavy (non-hydrogen) atoms. The fourth-order valence-electron chi connectivity index (χ4n) is 3.53. The molecule has 7 nitrogen and oxygen atoms in total. The second-order valence-electron chi connectivity index (χ2n) is 7.01. The minimum absolute atomic E-state index is 0.616. The van der Waals surface area contributed by atoms with Crippen molar-refractivity contribution in [3.8, 4) is 0 Å². The number of benzene rings is 2. The molecule has 0 unspecified atom stereocenters. The van der Waals surface area contributed by atoms with Crippen molar-refractivity contribution in [2.45, 2.75) is 13.8 Å². The molecule has 3 aromatic rings. The molecule has 156 valence electrons. The molecule has 0 radical (unpaired) electrons. The number of nitrogens with zero attached hydrogens (tertiary/aromatic N) is 6. The molecule has 0 saturated carbocycles. The lowest BCUT2D eigenvalue weighted by Crippen LogP contribution is -2.38. The van der Waals surface area contributed by atoms with Gasteiger partial charge in [0.1, 0.15) is 0 Å². The molecule has 0 spiro atoms. The lowest BCUT2D eigenvalue weighted by atomic mass is 10.2. The number of aromatic nitrogens is 3. The Bertz CT molecular complexity index is 887.